The van der Waals surface area contributed by atoms with Crippen LogP contribution in [0.4, 0.5) is 0 Å². The predicted molar refractivity (Wildman–Crippen MR) is 92.5 cm³/mol. The third kappa shape index (κ3) is 3.42. The highest BCUT2D eigenvalue weighted by atomic mass is 32.1. The fraction of sp³-hybridized carbons (Fsp3) is 0.471. The van der Waals surface area contributed by atoms with E-state index in [4.69, 9.17) is 4.74 Å². The van der Waals surface area contributed by atoms with E-state index in [-0.39, 0.29) is 28.5 Å². The summed E-state index contributed by atoms with van der Waals surface area (Å²) in [6.45, 7) is 7.66. The zero-order chi connectivity index (χ0) is 17.3. The van der Waals surface area contributed by atoms with Gasteiger partial charge in [0.2, 0.25) is 0 Å². The first-order chi connectivity index (χ1) is 11.4. The maximum Gasteiger partial charge on any atom is 0.260 e. The second kappa shape index (κ2) is 6.49. The van der Waals surface area contributed by atoms with Crippen molar-refractivity contribution in [3.8, 4) is 0 Å². The maximum atomic E-state index is 12.6. The van der Waals surface area contributed by atoms with E-state index in [1.54, 1.807) is 28.4 Å². The number of aromatic amines is 1. The van der Waals surface area contributed by atoms with Crippen LogP contribution in [0.2, 0.25) is 0 Å². The summed E-state index contributed by atoms with van der Waals surface area (Å²) in [7, 11) is 0. The first-order valence-electron chi connectivity index (χ1n) is 7.91. The highest BCUT2D eigenvalue weighted by Gasteiger charge is 2.30. The molecule has 1 N–H and O–H groups in total. The van der Waals surface area contributed by atoms with E-state index in [1.165, 1.54) is 6.20 Å². The number of nitrogens with zero attached hydrogens (tertiary/aromatic N) is 2. The SMILES string of the molecule is CC(C)(C)c1csc([C@@H]2CN(C(=O)c3ccc[nH]c3=O)CCO2)n1. The van der Waals surface area contributed by atoms with Crippen LogP contribution in [0.5, 0.6) is 0 Å². The van der Waals surface area contributed by atoms with Crippen LogP contribution in [-0.2, 0) is 10.2 Å². The number of carbonyl (C=O) groups excluding carboxylic acids is 1. The summed E-state index contributed by atoms with van der Waals surface area (Å²) in [5.41, 5.74) is 0.799. The van der Waals surface area contributed by atoms with Gasteiger partial charge in [0.1, 0.15) is 16.7 Å². The van der Waals surface area contributed by atoms with Gasteiger partial charge < -0.3 is 14.6 Å². The second-order valence-electron chi connectivity index (χ2n) is 6.84. The van der Waals surface area contributed by atoms with Crippen molar-refractivity contribution in [2.45, 2.75) is 32.3 Å². The van der Waals surface area contributed by atoms with Crippen LogP contribution >= 0.6 is 11.3 Å². The molecule has 1 atom stereocenters. The normalized spacial score (nSPS) is 18.6. The van der Waals surface area contributed by atoms with Crippen LogP contribution in [0.1, 0.15) is 47.9 Å². The third-order valence-corrected chi connectivity index (χ3v) is 4.90. The van der Waals surface area contributed by atoms with Crippen LogP contribution < -0.4 is 5.56 Å². The van der Waals surface area contributed by atoms with Gasteiger partial charge in [0.15, 0.2) is 0 Å². The Balaban J connectivity index is 1.77. The number of thiazole rings is 1. The number of nitrogens with one attached hydrogen (secondary N) is 1. The molecule has 24 heavy (non-hydrogen) atoms. The van der Waals surface area contributed by atoms with Gasteiger partial charge in [-0.05, 0) is 12.1 Å². The van der Waals surface area contributed by atoms with Gasteiger partial charge in [-0.2, -0.15) is 0 Å². The van der Waals surface area contributed by atoms with Gasteiger partial charge in [-0.1, -0.05) is 20.8 Å². The van der Waals surface area contributed by atoms with Crippen LogP contribution in [0, 0.1) is 0 Å². The van der Waals surface area contributed by atoms with Gasteiger partial charge in [0.25, 0.3) is 11.5 Å². The Morgan fingerprint density at radius 3 is 2.92 bits per heavy atom. The van der Waals surface area contributed by atoms with Crippen molar-refractivity contribution < 1.29 is 9.53 Å². The summed E-state index contributed by atoms with van der Waals surface area (Å²) in [5, 5.41) is 2.92. The summed E-state index contributed by atoms with van der Waals surface area (Å²) < 4.78 is 5.80. The summed E-state index contributed by atoms with van der Waals surface area (Å²) in [4.78, 5) is 33.3. The molecule has 3 rings (SSSR count). The van der Waals surface area contributed by atoms with E-state index in [0.29, 0.717) is 19.7 Å². The Labute approximate surface area is 144 Å². The monoisotopic (exact) mass is 347 g/mol. The van der Waals surface area contributed by atoms with E-state index >= 15 is 0 Å². The average molecular weight is 347 g/mol. The molecule has 2 aromatic heterocycles. The first-order valence-corrected chi connectivity index (χ1v) is 8.78. The lowest BCUT2D eigenvalue weighted by Gasteiger charge is -2.32. The molecule has 2 aromatic rings. The number of hydrogen-bond acceptors (Lipinski definition) is 5. The number of hydrogen-bond donors (Lipinski definition) is 1. The van der Waals surface area contributed by atoms with Crippen molar-refractivity contribution in [2.24, 2.45) is 0 Å². The number of ether oxygens (including phenoxy) is 1. The Morgan fingerprint density at radius 1 is 1.46 bits per heavy atom. The van der Waals surface area contributed by atoms with E-state index in [9.17, 15) is 9.59 Å². The summed E-state index contributed by atoms with van der Waals surface area (Å²) in [6, 6.07) is 3.20. The molecule has 0 spiro atoms. The van der Waals surface area contributed by atoms with Gasteiger partial charge >= 0.3 is 0 Å². The number of morpholine rings is 1. The molecule has 0 aliphatic carbocycles. The fourth-order valence-corrected chi connectivity index (χ4v) is 3.61. The van der Waals surface area contributed by atoms with Gasteiger partial charge in [0, 0.05) is 23.5 Å². The smallest absolute Gasteiger partial charge is 0.260 e. The molecule has 0 saturated carbocycles. The van der Waals surface area contributed by atoms with Crippen molar-refractivity contribution in [2.75, 3.05) is 19.7 Å². The Kier molecular flexibility index (Phi) is 4.56. The van der Waals surface area contributed by atoms with E-state index in [0.717, 1.165) is 10.7 Å². The molecule has 0 unspecified atom stereocenters. The number of aromatic nitrogens is 2. The standard InChI is InChI=1S/C17H21N3O3S/c1-17(2,3)13-10-24-15(19-13)12-9-20(7-8-23-12)16(22)11-5-4-6-18-14(11)21/h4-6,10,12H,7-9H2,1-3H3,(H,18,21)/t12-/m0/s1. The highest BCUT2D eigenvalue weighted by Crippen LogP contribution is 2.30. The van der Waals surface area contributed by atoms with Gasteiger partial charge in [0.05, 0.1) is 18.8 Å². The van der Waals surface area contributed by atoms with Crippen molar-refractivity contribution in [3.05, 3.63) is 50.3 Å². The van der Waals surface area contributed by atoms with Gasteiger partial charge in [-0.15, -0.1) is 11.3 Å². The van der Waals surface area contributed by atoms with Crippen molar-refractivity contribution in [1.29, 1.82) is 0 Å². The zero-order valence-corrected chi connectivity index (χ0v) is 14.9. The number of rotatable bonds is 2. The Morgan fingerprint density at radius 2 is 2.25 bits per heavy atom. The van der Waals surface area contributed by atoms with E-state index in [1.807, 2.05) is 5.38 Å². The van der Waals surface area contributed by atoms with Gasteiger partial charge in [-0.3, -0.25) is 9.59 Å². The van der Waals surface area contributed by atoms with Crippen molar-refractivity contribution in [1.82, 2.24) is 14.9 Å². The Hall–Kier alpha value is -1.99. The largest absolute Gasteiger partial charge is 0.367 e. The van der Waals surface area contributed by atoms with Crippen LogP contribution in [0.25, 0.3) is 0 Å². The second-order valence-corrected chi connectivity index (χ2v) is 7.73. The Bertz CT molecular complexity index is 791. The molecule has 128 valence electrons. The summed E-state index contributed by atoms with van der Waals surface area (Å²) >= 11 is 1.55. The summed E-state index contributed by atoms with van der Waals surface area (Å²) in [6.07, 6.45) is 1.27. The highest BCUT2D eigenvalue weighted by molar-refractivity contribution is 7.09. The van der Waals surface area contributed by atoms with E-state index in [2.05, 4.69) is 30.7 Å². The molecule has 3 heterocycles. The van der Waals surface area contributed by atoms with Crippen LogP contribution in [-0.4, -0.2) is 40.5 Å². The molecule has 1 saturated heterocycles. The molecular weight excluding hydrogens is 326 g/mol. The number of carbonyl (C=O) groups is 1. The molecule has 0 aromatic carbocycles. The minimum Gasteiger partial charge on any atom is -0.367 e. The van der Waals surface area contributed by atoms with Crippen LogP contribution in [0.3, 0.4) is 0 Å². The van der Waals surface area contributed by atoms with E-state index < -0.39 is 0 Å². The van der Waals surface area contributed by atoms with Crippen LogP contribution in [0.15, 0.2) is 28.5 Å². The third-order valence-electron chi connectivity index (χ3n) is 3.97. The number of H-pyrrole nitrogens is 1. The number of pyridine rings is 1. The van der Waals surface area contributed by atoms with Crippen molar-refractivity contribution in [3.63, 3.8) is 0 Å². The molecule has 6 nitrogen and oxygen atoms in total. The van der Waals surface area contributed by atoms with Crippen molar-refractivity contribution >= 4 is 17.2 Å². The summed E-state index contributed by atoms with van der Waals surface area (Å²) in [5.74, 6) is -0.266. The fourth-order valence-electron chi connectivity index (χ4n) is 2.52. The molecular formula is C17H21N3O3S. The molecule has 1 aliphatic rings. The first kappa shape index (κ1) is 16.9. The lowest BCUT2D eigenvalue weighted by atomic mass is 9.93. The number of amides is 1. The lowest BCUT2D eigenvalue weighted by molar-refractivity contribution is -0.0230. The topological polar surface area (TPSA) is 75.3 Å². The maximum absolute atomic E-state index is 12.6. The molecule has 1 amide bonds. The average Bonchev–Trinajstić information content (AvgIpc) is 3.05. The zero-order valence-electron chi connectivity index (χ0n) is 14.0. The molecule has 1 fully saturated rings. The molecule has 0 bridgehead atoms. The predicted octanol–water partition coefficient (Wildman–Crippen LogP) is 2.34. The molecule has 7 heteroatoms. The molecule has 1 aliphatic heterocycles. The van der Waals surface area contributed by atoms with Gasteiger partial charge in [-0.25, -0.2) is 4.98 Å². The molecule has 0 radical (unpaired) electrons. The lowest BCUT2D eigenvalue weighted by Crippen LogP contribution is -2.43. The minimum absolute atomic E-state index is 0.0176. The minimum atomic E-state index is -0.366. The quantitative estimate of drug-likeness (QED) is 0.905.